The standard InChI is InChI=1S/C18H28N2O2/c1-13(15-9-10-15)19-16-8-6-7-14(11-16)12-20(5)17(21)22-18(2,3)4/h6-8,11,13,15,19H,9-10,12H2,1-5H3. The number of carbonyl (C=O) groups excluding carboxylic acids is 1. The van der Waals surface area contributed by atoms with Crippen molar-refractivity contribution in [1.82, 2.24) is 4.90 Å². The summed E-state index contributed by atoms with van der Waals surface area (Å²) in [5.41, 5.74) is 1.75. The predicted octanol–water partition coefficient (Wildman–Crippen LogP) is 4.26. The number of hydrogen-bond acceptors (Lipinski definition) is 3. The Morgan fingerprint density at radius 2 is 2.09 bits per heavy atom. The van der Waals surface area contributed by atoms with Crippen LogP contribution in [0.4, 0.5) is 10.5 Å². The molecule has 0 aromatic heterocycles. The van der Waals surface area contributed by atoms with Crippen molar-refractivity contribution in [3.63, 3.8) is 0 Å². The zero-order valence-electron chi connectivity index (χ0n) is 14.3. The first-order valence-electron chi connectivity index (χ1n) is 8.04. The minimum absolute atomic E-state index is 0.294. The topological polar surface area (TPSA) is 41.6 Å². The Morgan fingerprint density at radius 1 is 1.41 bits per heavy atom. The number of benzene rings is 1. The van der Waals surface area contributed by atoms with E-state index in [0.717, 1.165) is 17.2 Å². The third-order valence-electron chi connectivity index (χ3n) is 3.78. The van der Waals surface area contributed by atoms with Gasteiger partial charge in [0.2, 0.25) is 0 Å². The summed E-state index contributed by atoms with van der Waals surface area (Å²) in [5.74, 6) is 0.813. The monoisotopic (exact) mass is 304 g/mol. The maximum Gasteiger partial charge on any atom is 0.410 e. The van der Waals surface area contributed by atoms with E-state index in [1.807, 2.05) is 32.9 Å². The lowest BCUT2D eigenvalue weighted by Crippen LogP contribution is -2.33. The average molecular weight is 304 g/mol. The van der Waals surface area contributed by atoms with E-state index in [1.165, 1.54) is 12.8 Å². The van der Waals surface area contributed by atoms with Gasteiger partial charge in [-0.05, 0) is 64.2 Å². The molecule has 1 aliphatic rings. The van der Waals surface area contributed by atoms with Crippen LogP contribution >= 0.6 is 0 Å². The van der Waals surface area contributed by atoms with Crippen molar-refractivity contribution in [1.29, 1.82) is 0 Å². The van der Waals surface area contributed by atoms with Gasteiger partial charge in [0, 0.05) is 25.3 Å². The summed E-state index contributed by atoms with van der Waals surface area (Å²) >= 11 is 0. The highest BCUT2D eigenvalue weighted by molar-refractivity contribution is 5.67. The summed E-state index contributed by atoms with van der Waals surface area (Å²) in [5, 5.41) is 3.55. The van der Waals surface area contributed by atoms with Crippen molar-refractivity contribution >= 4 is 11.8 Å². The van der Waals surface area contributed by atoms with Gasteiger partial charge in [0.15, 0.2) is 0 Å². The molecular weight excluding hydrogens is 276 g/mol. The molecule has 0 radical (unpaired) electrons. The molecule has 1 saturated carbocycles. The zero-order chi connectivity index (χ0) is 16.3. The SMILES string of the molecule is CC(Nc1cccc(CN(C)C(=O)OC(C)(C)C)c1)C1CC1. The third kappa shape index (κ3) is 5.24. The largest absolute Gasteiger partial charge is 0.444 e. The van der Waals surface area contributed by atoms with Crippen molar-refractivity contribution in [2.45, 2.75) is 58.7 Å². The Bertz CT molecular complexity index is 518. The van der Waals surface area contributed by atoms with Crippen molar-refractivity contribution in [2.24, 2.45) is 5.92 Å². The molecule has 4 nitrogen and oxygen atoms in total. The molecule has 0 aliphatic heterocycles. The summed E-state index contributed by atoms with van der Waals surface area (Å²) in [6, 6.07) is 8.77. The molecule has 1 atom stereocenters. The number of amides is 1. The average Bonchev–Trinajstić information content (AvgIpc) is 3.21. The second-order valence-electron chi connectivity index (χ2n) is 7.31. The van der Waals surface area contributed by atoms with Gasteiger partial charge in [-0.25, -0.2) is 4.79 Å². The minimum Gasteiger partial charge on any atom is -0.444 e. The fraction of sp³-hybridized carbons (Fsp3) is 0.611. The summed E-state index contributed by atoms with van der Waals surface area (Å²) in [7, 11) is 1.76. The molecule has 1 fully saturated rings. The summed E-state index contributed by atoms with van der Waals surface area (Å²) < 4.78 is 5.38. The first-order valence-corrected chi connectivity index (χ1v) is 8.04. The molecule has 0 bridgehead atoms. The lowest BCUT2D eigenvalue weighted by atomic mass is 10.1. The van der Waals surface area contributed by atoms with Gasteiger partial charge in [-0.15, -0.1) is 0 Å². The first-order chi connectivity index (χ1) is 10.2. The number of anilines is 1. The molecule has 1 amide bonds. The van der Waals surface area contributed by atoms with Crippen LogP contribution in [0.15, 0.2) is 24.3 Å². The van der Waals surface area contributed by atoms with Gasteiger partial charge < -0.3 is 15.0 Å². The van der Waals surface area contributed by atoms with E-state index in [-0.39, 0.29) is 6.09 Å². The van der Waals surface area contributed by atoms with Crippen LogP contribution < -0.4 is 5.32 Å². The molecule has 1 aromatic rings. The van der Waals surface area contributed by atoms with Crippen LogP contribution in [0.1, 0.15) is 46.1 Å². The molecular formula is C18H28N2O2. The molecule has 1 aliphatic carbocycles. The second kappa shape index (κ2) is 6.59. The number of rotatable bonds is 5. The van der Waals surface area contributed by atoms with Crippen LogP contribution in [0.2, 0.25) is 0 Å². The van der Waals surface area contributed by atoms with Crippen molar-refractivity contribution in [3.05, 3.63) is 29.8 Å². The van der Waals surface area contributed by atoms with Crippen LogP contribution in [-0.4, -0.2) is 29.7 Å². The van der Waals surface area contributed by atoms with E-state index in [4.69, 9.17) is 4.74 Å². The smallest absolute Gasteiger partial charge is 0.410 e. The second-order valence-corrected chi connectivity index (χ2v) is 7.31. The van der Waals surface area contributed by atoms with Gasteiger partial charge in [-0.2, -0.15) is 0 Å². The van der Waals surface area contributed by atoms with Gasteiger partial charge in [0.1, 0.15) is 5.60 Å². The summed E-state index contributed by atoms with van der Waals surface area (Å²) in [6.45, 7) is 8.41. The van der Waals surface area contributed by atoms with Crippen LogP contribution in [0.3, 0.4) is 0 Å². The summed E-state index contributed by atoms with van der Waals surface area (Å²) in [4.78, 5) is 13.6. The fourth-order valence-corrected chi connectivity index (χ4v) is 2.41. The highest BCUT2D eigenvalue weighted by Gasteiger charge is 2.27. The molecule has 0 spiro atoms. The molecule has 0 heterocycles. The fourth-order valence-electron chi connectivity index (χ4n) is 2.41. The van der Waals surface area contributed by atoms with E-state index >= 15 is 0 Å². The molecule has 1 aromatic carbocycles. The van der Waals surface area contributed by atoms with Crippen molar-refractivity contribution in [3.8, 4) is 0 Å². The van der Waals surface area contributed by atoms with E-state index in [0.29, 0.717) is 12.6 Å². The molecule has 2 rings (SSSR count). The van der Waals surface area contributed by atoms with Gasteiger partial charge in [-0.1, -0.05) is 12.1 Å². The van der Waals surface area contributed by atoms with Gasteiger partial charge in [0.25, 0.3) is 0 Å². The van der Waals surface area contributed by atoms with Crippen molar-refractivity contribution < 1.29 is 9.53 Å². The Kier molecular flexibility index (Phi) is 4.99. The highest BCUT2D eigenvalue weighted by Crippen LogP contribution is 2.34. The summed E-state index contributed by atoms with van der Waals surface area (Å²) in [6.07, 6.45) is 2.36. The minimum atomic E-state index is -0.464. The van der Waals surface area contributed by atoms with Crippen molar-refractivity contribution in [2.75, 3.05) is 12.4 Å². The van der Waals surface area contributed by atoms with Crippen LogP contribution in [-0.2, 0) is 11.3 Å². The molecule has 1 unspecified atom stereocenters. The lowest BCUT2D eigenvalue weighted by Gasteiger charge is -2.25. The Morgan fingerprint density at radius 3 is 2.68 bits per heavy atom. The van der Waals surface area contributed by atoms with Crippen LogP contribution in [0.5, 0.6) is 0 Å². The normalized spacial score (nSPS) is 16.0. The van der Waals surface area contributed by atoms with Crippen LogP contribution in [0.25, 0.3) is 0 Å². The molecule has 0 saturated heterocycles. The number of hydrogen-bond donors (Lipinski definition) is 1. The predicted molar refractivity (Wildman–Crippen MR) is 90.0 cm³/mol. The molecule has 4 heteroatoms. The number of nitrogens with one attached hydrogen (secondary N) is 1. The zero-order valence-corrected chi connectivity index (χ0v) is 14.3. The highest BCUT2D eigenvalue weighted by atomic mass is 16.6. The third-order valence-corrected chi connectivity index (χ3v) is 3.78. The quantitative estimate of drug-likeness (QED) is 0.883. The Hall–Kier alpha value is -1.71. The van der Waals surface area contributed by atoms with E-state index in [1.54, 1.807) is 11.9 Å². The number of nitrogens with zero attached hydrogens (tertiary/aromatic N) is 1. The Balaban J connectivity index is 1.93. The maximum atomic E-state index is 12.0. The van der Waals surface area contributed by atoms with E-state index in [2.05, 4.69) is 24.4 Å². The van der Waals surface area contributed by atoms with Gasteiger partial charge >= 0.3 is 6.09 Å². The number of ether oxygens (including phenoxy) is 1. The van der Waals surface area contributed by atoms with E-state index < -0.39 is 5.60 Å². The van der Waals surface area contributed by atoms with E-state index in [9.17, 15) is 4.79 Å². The van der Waals surface area contributed by atoms with Gasteiger partial charge in [-0.3, -0.25) is 0 Å². The molecule has 122 valence electrons. The Labute approximate surface area is 133 Å². The lowest BCUT2D eigenvalue weighted by molar-refractivity contribution is 0.0285. The first kappa shape index (κ1) is 16.7. The van der Waals surface area contributed by atoms with Gasteiger partial charge in [0.05, 0.1) is 0 Å². The maximum absolute atomic E-state index is 12.0. The van der Waals surface area contributed by atoms with Crippen LogP contribution in [0, 0.1) is 5.92 Å². The number of carbonyl (C=O) groups is 1. The molecule has 22 heavy (non-hydrogen) atoms. The molecule has 1 N–H and O–H groups in total.